The number of methoxy groups -OCH3 is 2. The zero-order chi connectivity index (χ0) is 30.1. The average molecular weight is 725 g/mol. The number of aliphatic imine (C=N–C) groups is 2. The van der Waals surface area contributed by atoms with E-state index in [1.165, 1.54) is 19.7 Å². The summed E-state index contributed by atoms with van der Waals surface area (Å²) in [4.78, 5) is 10.3. The zero-order valence-corrected chi connectivity index (χ0v) is 28.2. The predicted molar refractivity (Wildman–Crippen MR) is 176 cm³/mol. The van der Waals surface area contributed by atoms with Gasteiger partial charge in [0.1, 0.15) is 0 Å². The Hall–Kier alpha value is -3.04. The van der Waals surface area contributed by atoms with Gasteiger partial charge in [0, 0.05) is 14.2 Å². The first-order valence-corrected chi connectivity index (χ1v) is 17.9. The number of hydrogen-bond donors (Lipinski definition) is 0. The molecule has 0 saturated heterocycles. The van der Waals surface area contributed by atoms with Crippen molar-refractivity contribution in [1.29, 1.82) is 0 Å². The van der Waals surface area contributed by atoms with E-state index in [9.17, 15) is 0 Å². The van der Waals surface area contributed by atoms with Gasteiger partial charge in [0.05, 0.1) is 0 Å². The van der Waals surface area contributed by atoms with Gasteiger partial charge < -0.3 is 0 Å². The molecule has 0 radical (unpaired) electrons. The van der Waals surface area contributed by atoms with Crippen LogP contribution >= 0.6 is 0 Å². The monoisotopic (exact) mass is 726 g/mol. The summed E-state index contributed by atoms with van der Waals surface area (Å²) in [7, 11) is 3.33. The number of hydrogen-bond acceptors (Lipinski definition) is 8. The molecule has 10 heteroatoms. The first-order chi connectivity index (χ1) is 21.7. The normalized spacial score (nSPS) is 13.5. The fourth-order valence-electron chi connectivity index (χ4n) is 4.79. The molecule has 6 rings (SSSR count). The average Bonchev–Trinajstić information content (AvgIpc) is 3.07. The van der Waals surface area contributed by atoms with E-state index in [4.69, 9.17) is 38.4 Å². The summed E-state index contributed by atoms with van der Waals surface area (Å²) in [6.07, 6.45) is 0. The van der Waals surface area contributed by atoms with Crippen LogP contribution < -0.4 is 18.4 Å². The molecule has 4 aromatic carbocycles. The second-order valence-corrected chi connectivity index (χ2v) is 14.2. The maximum atomic E-state index is 5.83. The van der Waals surface area contributed by atoms with Gasteiger partial charge in [-0.2, -0.15) is 0 Å². The van der Waals surface area contributed by atoms with E-state index >= 15 is 0 Å². The molecular weight excluding hydrogens is 690 g/mol. The van der Waals surface area contributed by atoms with E-state index < -0.39 is 0 Å². The SMILES string of the molecule is COCCOCCOc1ccc(C2=Nc3ccc4c5c(ccc(c35)[Se]2)N=C(c2ccc(OCCOCCOC)cc2)[Se]4)cc1. The third-order valence-corrected chi connectivity index (χ3v) is 11.5. The van der Waals surface area contributed by atoms with Crippen LogP contribution in [0.15, 0.2) is 82.8 Å². The van der Waals surface area contributed by atoms with Crippen LogP contribution in [-0.4, -0.2) is 106 Å². The molecule has 4 aromatic rings. The van der Waals surface area contributed by atoms with Crippen molar-refractivity contribution in [3.05, 3.63) is 83.9 Å². The first-order valence-electron chi connectivity index (χ1n) is 14.5. The van der Waals surface area contributed by atoms with Crippen LogP contribution in [0.1, 0.15) is 11.1 Å². The van der Waals surface area contributed by atoms with Gasteiger partial charge in [-0.05, 0) is 0 Å². The van der Waals surface area contributed by atoms with Crippen molar-refractivity contribution in [2.24, 2.45) is 9.98 Å². The van der Waals surface area contributed by atoms with E-state index in [1.807, 2.05) is 24.3 Å². The minimum atomic E-state index is 0.0867. The van der Waals surface area contributed by atoms with Gasteiger partial charge in [0.25, 0.3) is 0 Å². The van der Waals surface area contributed by atoms with Crippen LogP contribution in [0.25, 0.3) is 10.8 Å². The van der Waals surface area contributed by atoms with Gasteiger partial charge in [-0.3, -0.25) is 0 Å². The van der Waals surface area contributed by atoms with E-state index in [0.29, 0.717) is 52.9 Å². The molecule has 0 N–H and O–H groups in total. The van der Waals surface area contributed by atoms with Gasteiger partial charge in [-0.15, -0.1) is 0 Å². The summed E-state index contributed by atoms with van der Waals surface area (Å²) in [6.45, 7) is 4.40. The Morgan fingerprint density at radius 3 is 1.30 bits per heavy atom. The second-order valence-electron chi connectivity index (χ2n) is 9.91. The fraction of sp³-hybridized carbons (Fsp3) is 0.294. The van der Waals surface area contributed by atoms with Crippen molar-refractivity contribution in [3.8, 4) is 11.5 Å². The van der Waals surface area contributed by atoms with E-state index in [1.54, 1.807) is 14.2 Å². The molecule has 8 nitrogen and oxygen atoms in total. The van der Waals surface area contributed by atoms with Crippen LogP contribution in [0.4, 0.5) is 11.4 Å². The molecule has 44 heavy (non-hydrogen) atoms. The third-order valence-electron chi connectivity index (χ3n) is 6.96. The van der Waals surface area contributed by atoms with Crippen molar-refractivity contribution in [3.63, 3.8) is 0 Å². The Balaban J connectivity index is 1.13. The Labute approximate surface area is 270 Å². The van der Waals surface area contributed by atoms with Gasteiger partial charge in [0.2, 0.25) is 0 Å². The van der Waals surface area contributed by atoms with Crippen molar-refractivity contribution in [1.82, 2.24) is 0 Å². The van der Waals surface area contributed by atoms with E-state index in [2.05, 4.69) is 48.5 Å². The van der Waals surface area contributed by atoms with Crippen molar-refractivity contribution < 1.29 is 28.4 Å². The fourth-order valence-corrected chi connectivity index (χ4v) is 9.20. The standard InChI is InChI=1S/C34H34N2O6Se2/c1-37-15-17-39-19-21-41-25-7-3-23(4-8-25)33-35-27-11-14-30-32-28(12-13-29(43-33)31(27)32)36-34(44-30)24-5-9-26(10-6-24)42-22-20-40-18-16-38-2/h3-14H,15-22H2,1-2H3. The summed E-state index contributed by atoms with van der Waals surface area (Å²) in [5.74, 6) is 1.65. The van der Waals surface area contributed by atoms with E-state index in [0.717, 1.165) is 43.2 Å². The molecule has 0 atom stereocenters. The van der Waals surface area contributed by atoms with Crippen LogP contribution in [-0.2, 0) is 18.9 Å². The second kappa shape index (κ2) is 15.3. The summed E-state index contributed by atoms with van der Waals surface area (Å²) in [5.41, 5.74) is 4.31. The summed E-state index contributed by atoms with van der Waals surface area (Å²) in [5, 5.41) is 2.52. The summed E-state index contributed by atoms with van der Waals surface area (Å²) >= 11 is 0.173. The molecular formula is C34H34N2O6Se2. The number of rotatable bonds is 16. The Kier molecular flexibility index (Phi) is 10.8. The predicted octanol–water partition coefficient (Wildman–Crippen LogP) is 3.77. The van der Waals surface area contributed by atoms with Crippen LogP contribution in [0.5, 0.6) is 11.5 Å². The third kappa shape index (κ3) is 7.42. The quantitative estimate of drug-likeness (QED) is 0.130. The summed E-state index contributed by atoms with van der Waals surface area (Å²) < 4.78 is 37.5. The Morgan fingerprint density at radius 2 is 0.886 bits per heavy atom. The minimum absolute atomic E-state index is 0.0867. The maximum absolute atomic E-state index is 5.83. The van der Waals surface area contributed by atoms with E-state index in [-0.39, 0.29) is 29.9 Å². The molecule has 0 aliphatic carbocycles. The number of ether oxygens (including phenoxy) is 6. The molecule has 228 valence electrons. The molecule has 0 unspecified atom stereocenters. The molecule has 0 fully saturated rings. The zero-order valence-electron chi connectivity index (χ0n) is 24.7. The van der Waals surface area contributed by atoms with Gasteiger partial charge >= 0.3 is 257 Å². The van der Waals surface area contributed by atoms with Crippen molar-refractivity contribution in [2.75, 3.05) is 67.1 Å². The summed E-state index contributed by atoms with van der Waals surface area (Å²) in [6, 6.07) is 25.3. The van der Waals surface area contributed by atoms with Crippen molar-refractivity contribution in [2.45, 2.75) is 0 Å². The molecule has 0 bridgehead atoms. The molecule has 2 heterocycles. The van der Waals surface area contributed by atoms with Crippen LogP contribution in [0.3, 0.4) is 0 Å². The number of benzene rings is 4. The van der Waals surface area contributed by atoms with Gasteiger partial charge in [0.15, 0.2) is 0 Å². The molecule has 2 aliphatic heterocycles. The van der Waals surface area contributed by atoms with Crippen LogP contribution in [0, 0.1) is 0 Å². The topological polar surface area (TPSA) is 80.1 Å². The Bertz CT molecular complexity index is 1520. The first kappa shape index (κ1) is 31.0. The van der Waals surface area contributed by atoms with Gasteiger partial charge in [-0.25, -0.2) is 0 Å². The molecule has 0 spiro atoms. The molecule has 0 amide bonds. The molecule has 2 aliphatic rings. The van der Waals surface area contributed by atoms with Gasteiger partial charge in [-0.1, -0.05) is 0 Å². The Morgan fingerprint density at radius 1 is 0.477 bits per heavy atom. The van der Waals surface area contributed by atoms with Crippen LogP contribution in [0.2, 0.25) is 0 Å². The number of nitrogens with zero attached hydrogens (tertiary/aromatic N) is 2. The molecule has 0 saturated carbocycles. The van der Waals surface area contributed by atoms with Crippen molar-refractivity contribution >= 4 is 70.2 Å². The molecule has 0 aromatic heterocycles.